The number of hydrogen-bond donors (Lipinski definition) is 1. The molecule has 4 aromatic rings. The Morgan fingerprint density at radius 2 is 1.81 bits per heavy atom. The number of amides is 1. The highest BCUT2D eigenvalue weighted by atomic mass is 79.9. The summed E-state index contributed by atoms with van der Waals surface area (Å²) in [4.78, 5) is 22.4. The first kappa shape index (κ1) is 18.0. The molecule has 7 heteroatoms. The number of aryl methyl sites for hydroxylation is 1. The van der Waals surface area contributed by atoms with Gasteiger partial charge in [0, 0.05) is 21.0 Å². The van der Waals surface area contributed by atoms with Gasteiger partial charge in [-0.05, 0) is 19.1 Å². The Labute approximate surface area is 173 Å². The highest BCUT2D eigenvalue weighted by Crippen LogP contribution is 2.30. The lowest BCUT2D eigenvalue weighted by molar-refractivity contribution is 0.103. The average molecular weight is 456 g/mol. The first-order chi connectivity index (χ1) is 13.1. The van der Waals surface area contributed by atoms with Crippen LogP contribution < -0.4 is 5.32 Å². The number of hydrogen-bond acceptors (Lipinski definition) is 5. The largest absolute Gasteiger partial charge is 0.297 e. The normalized spacial score (nSPS) is 10.7. The molecule has 0 aliphatic carbocycles. The van der Waals surface area contributed by atoms with E-state index in [1.807, 2.05) is 66.9 Å². The van der Waals surface area contributed by atoms with Crippen molar-refractivity contribution in [2.45, 2.75) is 6.92 Å². The van der Waals surface area contributed by atoms with Gasteiger partial charge in [0.1, 0.15) is 9.88 Å². The molecule has 0 spiro atoms. The van der Waals surface area contributed by atoms with Crippen molar-refractivity contribution in [1.82, 2.24) is 9.97 Å². The number of rotatable bonds is 4. The summed E-state index contributed by atoms with van der Waals surface area (Å²) in [6, 6.07) is 17.8. The molecule has 0 saturated carbocycles. The molecule has 0 fully saturated rings. The van der Waals surface area contributed by atoms with Crippen molar-refractivity contribution in [3.8, 4) is 21.8 Å². The Bertz CT molecular complexity index is 1110. The SMILES string of the molecule is Cc1nc(-c2ccccc2)sc1C(=O)Nc1nc(-c2cccc(Br)c2)cs1. The molecule has 0 atom stereocenters. The third kappa shape index (κ3) is 4.00. The Balaban J connectivity index is 1.54. The van der Waals surface area contributed by atoms with Gasteiger partial charge in [0.2, 0.25) is 0 Å². The maximum absolute atomic E-state index is 12.7. The highest BCUT2D eigenvalue weighted by molar-refractivity contribution is 9.10. The molecule has 27 heavy (non-hydrogen) atoms. The number of carbonyl (C=O) groups excluding carboxylic acids is 1. The highest BCUT2D eigenvalue weighted by Gasteiger charge is 2.17. The van der Waals surface area contributed by atoms with E-state index in [1.54, 1.807) is 0 Å². The molecule has 1 amide bonds. The Morgan fingerprint density at radius 3 is 2.59 bits per heavy atom. The van der Waals surface area contributed by atoms with Crippen LogP contribution in [0.4, 0.5) is 5.13 Å². The van der Waals surface area contributed by atoms with Crippen LogP contribution in [0.5, 0.6) is 0 Å². The van der Waals surface area contributed by atoms with Crippen LogP contribution in [0.3, 0.4) is 0 Å². The fraction of sp³-hybridized carbons (Fsp3) is 0.0500. The van der Waals surface area contributed by atoms with Crippen LogP contribution >= 0.6 is 38.6 Å². The summed E-state index contributed by atoms with van der Waals surface area (Å²) >= 11 is 6.27. The number of aromatic nitrogens is 2. The number of thiazole rings is 2. The van der Waals surface area contributed by atoms with Crippen molar-refractivity contribution in [1.29, 1.82) is 0 Å². The molecule has 0 radical (unpaired) electrons. The third-order valence-electron chi connectivity index (χ3n) is 3.87. The molecule has 2 aromatic carbocycles. The molecule has 0 aliphatic heterocycles. The van der Waals surface area contributed by atoms with E-state index in [2.05, 4.69) is 31.2 Å². The summed E-state index contributed by atoms with van der Waals surface area (Å²) in [6.45, 7) is 1.85. The lowest BCUT2D eigenvalue weighted by Gasteiger charge is -2.00. The van der Waals surface area contributed by atoms with Gasteiger partial charge in [-0.1, -0.05) is 58.4 Å². The molecular formula is C20H14BrN3OS2. The van der Waals surface area contributed by atoms with E-state index in [0.29, 0.717) is 10.0 Å². The minimum Gasteiger partial charge on any atom is -0.297 e. The zero-order valence-electron chi connectivity index (χ0n) is 14.3. The van der Waals surface area contributed by atoms with Crippen LogP contribution in [0.1, 0.15) is 15.4 Å². The second-order valence-corrected chi connectivity index (χ2v) is 8.57. The van der Waals surface area contributed by atoms with Crippen molar-refractivity contribution in [3.63, 3.8) is 0 Å². The standard InChI is InChI=1S/C20H14BrN3OS2/c1-12-17(27-19(22-12)13-6-3-2-4-7-13)18(25)24-20-23-16(11-26-20)14-8-5-9-15(21)10-14/h2-11H,1H3,(H,23,24,25). The van der Waals surface area contributed by atoms with Gasteiger partial charge >= 0.3 is 0 Å². The van der Waals surface area contributed by atoms with Crippen molar-refractivity contribution < 1.29 is 4.79 Å². The maximum Gasteiger partial charge on any atom is 0.269 e. The van der Waals surface area contributed by atoms with E-state index in [1.165, 1.54) is 22.7 Å². The molecule has 134 valence electrons. The minimum atomic E-state index is -0.178. The van der Waals surface area contributed by atoms with E-state index in [-0.39, 0.29) is 5.91 Å². The monoisotopic (exact) mass is 455 g/mol. The number of halogens is 1. The second kappa shape index (κ2) is 7.72. The van der Waals surface area contributed by atoms with Gasteiger partial charge in [-0.25, -0.2) is 9.97 Å². The quantitative estimate of drug-likeness (QED) is 0.395. The minimum absolute atomic E-state index is 0.178. The number of anilines is 1. The Kier molecular flexibility index (Phi) is 5.15. The molecule has 0 saturated heterocycles. The second-order valence-electron chi connectivity index (χ2n) is 5.80. The predicted molar refractivity (Wildman–Crippen MR) is 115 cm³/mol. The summed E-state index contributed by atoms with van der Waals surface area (Å²) in [6.07, 6.45) is 0. The lowest BCUT2D eigenvalue weighted by atomic mass is 10.2. The van der Waals surface area contributed by atoms with Gasteiger partial charge < -0.3 is 0 Å². The van der Waals surface area contributed by atoms with E-state index in [0.717, 1.165) is 32.0 Å². The number of nitrogens with zero attached hydrogens (tertiary/aromatic N) is 2. The molecule has 0 bridgehead atoms. The number of carbonyl (C=O) groups is 1. The van der Waals surface area contributed by atoms with Gasteiger partial charge in [0.15, 0.2) is 5.13 Å². The van der Waals surface area contributed by atoms with Gasteiger partial charge in [-0.3, -0.25) is 10.1 Å². The van der Waals surface area contributed by atoms with Crippen molar-refractivity contribution in [3.05, 3.63) is 75.0 Å². The van der Waals surface area contributed by atoms with E-state index in [4.69, 9.17) is 0 Å². The lowest BCUT2D eigenvalue weighted by Crippen LogP contribution is -2.11. The van der Waals surface area contributed by atoms with Crippen LogP contribution in [-0.2, 0) is 0 Å². The summed E-state index contributed by atoms with van der Waals surface area (Å²) in [5.74, 6) is -0.178. The zero-order chi connectivity index (χ0) is 18.8. The molecular weight excluding hydrogens is 442 g/mol. The van der Waals surface area contributed by atoms with Crippen LogP contribution in [0.2, 0.25) is 0 Å². The van der Waals surface area contributed by atoms with E-state index < -0.39 is 0 Å². The summed E-state index contributed by atoms with van der Waals surface area (Å²) < 4.78 is 0.993. The van der Waals surface area contributed by atoms with Gasteiger partial charge in [-0.15, -0.1) is 22.7 Å². The summed E-state index contributed by atoms with van der Waals surface area (Å²) in [7, 11) is 0. The third-order valence-corrected chi connectivity index (χ3v) is 6.32. The first-order valence-corrected chi connectivity index (χ1v) is 10.6. The zero-order valence-corrected chi connectivity index (χ0v) is 17.5. The van der Waals surface area contributed by atoms with E-state index >= 15 is 0 Å². The number of nitrogens with one attached hydrogen (secondary N) is 1. The Hall–Kier alpha value is -2.35. The summed E-state index contributed by atoms with van der Waals surface area (Å²) in [5.41, 5.74) is 3.57. The van der Waals surface area contributed by atoms with Crippen molar-refractivity contribution in [2.75, 3.05) is 5.32 Å². The van der Waals surface area contributed by atoms with Crippen molar-refractivity contribution >= 4 is 49.6 Å². The van der Waals surface area contributed by atoms with Gasteiger partial charge in [0.25, 0.3) is 5.91 Å². The number of benzene rings is 2. The fourth-order valence-corrected chi connectivity index (χ4v) is 4.66. The molecule has 4 nitrogen and oxygen atoms in total. The van der Waals surface area contributed by atoms with Crippen molar-refractivity contribution in [2.24, 2.45) is 0 Å². The molecule has 1 N–H and O–H groups in total. The van der Waals surface area contributed by atoms with Gasteiger partial charge in [-0.2, -0.15) is 0 Å². The molecule has 2 aromatic heterocycles. The topological polar surface area (TPSA) is 54.9 Å². The molecule has 0 unspecified atom stereocenters. The average Bonchev–Trinajstić information content (AvgIpc) is 3.29. The molecule has 4 rings (SSSR count). The van der Waals surface area contributed by atoms with Crippen LogP contribution in [0.15, 0.2) is 64.5 Å². The summed E-state index contributed by atoms with van der Waals surface area (Å²) in [5, 5.41) is 6.25. The molecule has 0 aliphatic rings. The van der Waals surface area contributed by atoms with Crippen LogP contribution in [0.25, 0.3) is 21.8 Å². The Morgan fingerprint density at radius 1 is 1.04 bits per heavy atom. The smallest absolute Gasteiger partial charge is 0.269 e. The first-order valence-electron chi connectivity index (χ1n) is 8.16. The van der Waals surface area contributed by atoms with Crippen LogP contribution in [-0.4, -0.2) is 15.9 Å². The van der Waals surface area contributed by atoms with Gasteiger partial charge in [0.05, 0.1) is 11.4 Å². The molecule has 2 heterocycles. The fourth-order valence-electron chi connectivity index (χ4n) is 2.58. The predicted octanol–water partition coefficient (Wildman–Crippen LogP) is 6.26. The maximum atomic E-state index is 12.7. The van der Waals surface area contributed by atoms with E-state index in [9.17, 15) is 4.79 Å². The van der Waals surface area contributed by atoms with Crippen LogP contribution in [0, 0.1) is 6.92 Å².